The lowest BCUT2D eigenvalue weighted by Gasteiger charge is -2.12. The van der Waals surface area contributed by atoms with E-state index in [0.29, 0.717) is 5.76 Å². The molecule has 2 aromatic rings. The van der Waals surface area contributed by atoms with Crippen LogP contribution >= 0.6 is 0 Å². The maximum atomic E-state index is 12.1. The van der Waals surface area contributed by atoms with Gasteiger partial charge in [-0.2, -0.15) is 0 Å². The molecule has 3 nitrogen and oxygen atoms in total. The quantitative estimate of drug-likeness (QED) is 0.753. The Bertz CT molecular complexity index is 565. The summed E-state index contributed by atoms with van der Waals surface area (Å²) in [5.41, 5.74) is 1.94. The zero-order valence-corrected chi connectivity index (χ0v) is 9.90. The van der Waals surface area contributed by atoms with Crippen molar-refractivity contribution < 1.29 is 9.21 Å². The van der Waals surface area contributed by atoms with Crippen molar-refractivity contribution in [2.45, 2.75) is 19.8 Å². The molecule has 0 N–H and O–H groups in total. The van der Waals surface area contributed by atoms with Crippen molar-refractivity contribution in [1.29, 1.82) is 0 Å². The zero-order valence-electron chi connectivity index (χ0n) is 9.90. The second-order valence-corrected chi connectivity index (χ2v) is 4.65. The van der Waals surface area contributed by atoms with Crippen molar-refractivity contribution in [3.05, 3.63) is 35.6 Å². The van der Waals surface area contributed by atoms with Gasteiger partial charge in [0.25, 0.3) is 5.91 Å². The minimum absolute atomic E-state index is 0.0244. The number of aryl methyl sites for hydroxylation is 1. The Hall–Kier alpha value is -1.77. The number of fused-ring (bicyclic) bond motifs is 1. The summed E-state index contributed by atoms with van der Waals surface area (Å²) in [5.74, 6) is 0.490. The molecule has 17 heavy (non-hydrogen) atoms. The third-order valence-corrected chi connectivity index (χ3v) is 3.28. The first-order valence-electron chi connectivity index (χ1n) is 6.03. The molecule has 0 atom stereocenters. The minimum Gasteiger partial charge on any atom is -0.451 e. The van der Waals surface area contributed by atoms with E-state index in [9.17, 15) is 4.79 Å². The van der Waals surface area contributed by atoms with Crippen LogP contribution in [0.15, 0.2) is 28.7 Å². The molecule has 1 aliphatic heterocycles. The van der Waals surface area contributed by atoms with Crippen LogP contribution < -0.4 is 0 Å². The van der Waals surface area contributed by atoms with Crippen LogP contribution in [-0.2, 0) is 0 Å². The molecule has 1 amide bonds. The van der Waals surface area contributed by atoms with E-state index in [1.165, 1.54) is 0 Å². The highest BCUT2D eigenvalue weighted by molar-refractivity contribution is 5.96. The van der Waals surface area contributed by atoms with Crippen molar-refractivity contribution in [2.75, 3.05) is 13.1 Å². The van der Waals surface area contributed by atoms with E-state index in [4.69, 9.17) is 4.42 Å². The normalized spacial score (nSPS) is 15.7. The van der Waals surface area contributed by atoms with Crippen LogP contribution in [0.4, 0.5) is 0 Å². The van der Waals surface area contributed by atoms with E-state index in [1.807, 2.05) is 36.1 Å². The molecule has 1 aromatic heterocycles. The molecule has 3 rings (SSSR count). The van der Waals surface area contributed by atoms with Gasteiger partial charge in [0.2, 0.25) is 0 Å². The third-order valence-electron chi connectivity index (χ3n) is 3.28. The summed E-state index contributed by atoms with van der Waals surface area (Å²) in [6.45, 7) is 3.73. The lowest BCUT2D eigenvalue weighted by molar-refractivity contribution is 0.0763. The highest BCUT2D eigenvalue weighted by Crippen LogP contribution is 2.22. The van der Waals surface area contributed by atoms with E-state index >= 15 is 0 Å². The molecule has 1 fully saturated rings. The number of rotatable bonds is 1. The van der Waals surface area contributed by atoms with E-state index < -0.39 is 0 Å². The highest BCUT2D eigenvalue weighted by atomic mass is 16.3. The predicted octanol–water partition coefficient (Wildman–Crippen LogP) is 2.98. The second-order valence-electron chi connectivity index (χ2n) is 4.65. The van der Waals surface area contributed by atoms with Crippen molar-refractivity contribution in [1.82, 2.24) is 4.90 Å². The molecule has 0 bridgehead atoms. The third kappa shape index (κ3) is 1.82. The van der Waals surface area contributed by atoms with E-state index in [0.717, 1.165) is 42.5 Å². The predicted molar refractivity (Wildman–Crippen MR) is 66.1 cm³/mol. The number of amides is 1. The summed E-state index contributed by atoms with van der Waals surface area (Å²) in [5, 5.41) is 0.998. The van der Waals surface area contributed by atoms with Gasteiger partial charge in [0, 0.05) is 18.5 Å². The molecule has 0 saturated carbocycles. The molecule has 1 saturated heterocycles. The Balaban J connectivity index is 1.97. The maximum absolute atomic E-state index is 12.1. The van der Waals surface area contributed by atoms with Gasteiger partial charge in [0.05, 0.1) is 0 Å². The first-order valence-corrected chi connectivity index (χ1v) is 6.03. The lowest BCUT2D eigenvalue weighted by atomic mass is 10.2. The minimum atomic E-state index is 0.0244. The number of hydrogen-bond acceptors (Lipinski definition) is 2. The van der Waals surface area contributed by atoms with Crippen LogP contribution in [0.5, 0.6) is 0 Å². The van der Waals surface area contributed by atoms with Crippen LogP contribution in [0.25, 0.3) is 11.0 Å². The lowest BCUT2D eigenvalue weighted by Crippen LogP contribution is -2.27. The largest absolute Gasteiger partial charge is 0.451 e. The Morgan fingerprint density at radius 3 is 2.76 bits per heavy atom. The fraction of sp³-hybridized carbons (Fsp3) is 0.357. The van der Waals surface area contributed by atoms with Gasteiger partial charge >= 0.3 is 0 Å². The monoisotopic (exact) mass is 229 g/mol. The average molecular weight is 229 g/mol. The van der Waals surface area contributed by atoms with Crippen LogP contribution in [0.3, 0.4) is 0 Å². The summed E-state index contributed by atoms with van der Waals surface area (Å²) in [7, 11) is 0. The zero-order chi connectivity index (χ0) is 11.8. The van der Waals surface area contributed by atoms with Gasteiger partial charge in [-0.3, -0.25) is 4.79 Å². The van der Waals surface area contributed by atoms with E-state index in [-0.39, 0.29) is 5.91 Å². The molecule has 0 radical (unpaired) electrons. The Labute approximate surface area is 100 Å². The number of carbonyl (C=O) groups excluding carboxylic acids is 1. The van der Waals surface area contributed by atoms with Crippen molar-refractivity contribution in [3.63, 3.8) is 0 Å². The van der Waals surface area contributed by atoms with Gasteiger partial charge in [-0.05, 0) is 37.5 Å². The molecule has 0 spiro atoms. The van der Waals surface area contributed by atoms with Crippen LogP contribution in [-0.4, -0.2) is 23.9 Å². The van der Waals surface area contributed by atoms with Crippen molar-refractivity contribution >= 4 is 16.9 Å². The number of carbonyl (C=O) groups is 1. The number of furan rings is 1. The molecule has 0 unspecified atom stereocenters. The number of likely N-dealkylation sites (tertiary alicyclic amines) is 1. The van der Waals surface area contributed by atoms with Gasteiger partial charge in [0.1, 0.15) is 5.58 Å². The molecular formula is C14H15NO2. The van der Waals surface area contributed by atoms with E-state index in [2.05, 4.69) is 0 Å². The smallest absolute Gasteiger partial charge is 0.289 e. The Kier molecular flexibility index (Phi) is 2.39. The first kappa shape index (κ1) is 10.4. The summed E-state index contributed by atoms with van der Waals surface area (Å²) < 4.78 is 5.63. The summed E-state index contributed by atoms with van der Waals surface area (Å²) in [6, 6.07) is 7.84. The average Bonchev–Trinajstić information content (AvgIpc) is 2.96. The SMILES string of the molecule is Cc1ccc2cc(C(=O)N3CCCC3)oc2c1. The topological polar surface area (TPSA) is 33.5 Å². The molecule has 0 aliphatic carbocycles. The second kappa shape index (κ2) is 3.91. The molecule has 1 aromatic carbocycles. The number of nitrogens with zero attached hydrogens (tertiary/aromatic N) is 1. The molecule has 3 heteroatoms. The number of benzene rings is 1. The van der Waals surface area contributed by atoms with Crippen LogP contribution in [0, 0.1) is 6.92 Å². The van der Waals surface area contributed by atoms with Crippen LogP contribution in [0.2, 0.25) is 0 Å². The Morgan fingerprint density at radius 2 is 2.00 bits per heavy atom. The van der Waals surface area contributed by atoms with Gasteiger partial charge in [-0.15, -0.1) is 0 Å². The summed E-state index contributed by atoms with van der Waals surface area (Å²) >= 11 is 0. The highest BCUT2D eigenvalue weighted by Gasteiger charge is 2.22. The summed E-state index contributed by atoms with van der Waals surface area (Å²) in [4.78, 5) is 14.0. The van der Waals surface area contributed by atoms with Gasteiger partial charge in [0.15, 0.2) is 5.76 Å². The standard InChI is InChI=1S/C14H15NO2/c1-10-4-5-11-9-13(17-12(11)8-10)14(16)15-6-2-3-7-15/h4-5,8-9H,2-3,6-7H2,1H3. The van der Waals surface area contributed by atoms with Crippen LogP contribution in [0.1, 0.15) is 29.0 Å². The van der Waals surface area contributed by atoms with Gasteiger partial charge in [-0.25, -0.2) is 0 Å². The fourth-order valence-corrected chi connectivity index (χ4v) is 2.32. The first-order chi connectivity index (χ1) is 8.24. The van der Waals surface area contributed by atoms with Gasteiger partial charge < -0.3 is 9.32 Å². The maximum Gasteiger partial charge on any atom is 0.289 e. The van der Waals surface area contributed by atoms with Crippen molar-refractivity contribution in [2.24, 2.45) is 0 Å². The summed E-state index contributed by atoms with van der Waals surface area (Å²) in [6.07, 6.45) is 2.20. The van der Waals surface area contributed by atoms with Gasteiger partial charge in [-0.1, -0.05) is 12.1 Å². The van der Waals surface area contributed by atoms with E-state index in [1.54, 1.807) is 0 Å². The molecular weight excluding hydrogens is 214 g/mol. The molecule has 1 aliphatic rings. The molecule has 88 valence electrons. The molecule has 2 heterocycles. The Morgan fingerprint density at radius 1 is 1.24 bits per heavy atom. The fourth-order valence-electron chi connectivity index (χ4n) is 2.32. The number of hydrogen-bond donors (Lipinski definition) is 0. The van der Waals surface area contributed by atoms with Crippen molar-refractivity contribution in [3.8, 4) is 0 Å².